The molecular weight excluding hydrogens is 414 g/mol. The van der Waals surface area contributed by atoms with Gasteiger partial charge in [-0.2, -0.15) is 0 Å². The molecule has 19 heavy (non-hydrogen) atoms. The lowest BCUT2D eigenvalue weighted by atomic mass is 9.78. The van der Waals surface area contributed by atoms with Crippen LogP contribution >= 0.6 is 43.2 Å². The molecule has 0 bridgehead atoms. The molecule has 0 radical (unpaired) electrons. The van der Waals surface area contributed by atoms with Crippen LogP contribution in [-0.4, -0.2) is 19.3 Å². The molecule has 1 N–H and O–H groups in total. The fourth-order valence-electron chi connectivity index (χ4n) is 2.70. The molecule has 2 unspecified atom stereocenters. The van der Waals surface area contributed by atoms with Crippen LogP contribution in [-0.2, 0) is 10.0 Å². The molecule has 1 aliphatic carbocycles. The molecule has 1 aliphatic rings. The summed E-state index contributed by atoms with van der Waals surface area (Å²) < 4.78 is 28.9. The van der Waals surface area contributed by atoms with Crippen molar-refractivity contribution in [1.29, 1.82) is 0 Å². The summed E-state index contributed by atoms with van der Waals surface area (Å²) in [4.78, 5) is 0. The number of hydrogen-bond donors (Lipinski definition) is 1. The molecule has 1 saturated carbocycles. The molecule has 1 aromatic heterocycles. The zero-order chi connectivity index (χ0) is 14.1. The van der Waals surface area contributed by atoms with Crippen LogP contribution in [0.1, 0.15) is 32.6 Å². The summed E-state index contributed by atoms with van der Waals surface area (Å²) in [5.41, 5.74) is -0.347. The van der Waals surface area contributed by atoms with Crippen LogP contribution in [0.4, 0.5) is 0 Å². The molecule has 0 aliphatic heterocycles. The van der Waals surface area contributed by atoms with Crippen LogP contribution in [0.5, 0.6) is 0 Å². The minimum Gasteiger partial charge on any atom is -0.206 e. The van der Waals surface area contributed by atoms with Gasteiger partial charge in [-0.3, -0.25) is 0 Å². The first-order valence-corrected chi connectivity index (χ1v) is 10.5. The average Bonchev–Trinajstić information content (AvgIpc) is 2.75. The van der Waals surface area contributed by atoms with Crippen molar-refractivity contribution >= 4 is 53.2 Å². The molecule has 0 spiro atoms. The Balaban J connectivity index is 2.25. The van der Waals surface area contributed by atoms with E-state index in [1.54, 1.807) is 11.4 Å². The van der Waals surface area contributed by atoms with Gasteiger partial charge >= 0.3 is 0 Å². The Bertz CT molecular complexity index is 544. The summed E-state index contributed by atoms with van der Waals surface area (Å²) in [5, 5.41) is 2.44. The van der Waals surface area contributed by atoms with Gasteiger partial charge in [0.1, 0.15) is 4.21 Å². The Morgan fingerprint density at radius 3 is 2.84 bits per heavy atom. The van der Waals surface area contributed by atoms with Crippen LogP contribution in [0, 0.1) is 5.92 Å². The molecule has 7 heteroatoms. The van der Waals surface area contributed by atoms with Gasteiger partial charge in [-0.1, -0.05) is 35.7 Å². The number of rotatable bonds is 4. The van der Waals surface area contributed by atoms with E-state index in [4.69, 9.17) is 0 Å². The van der Waals surface area contributed by atoms with Crippen LogP contribution in [0.3, 0.4) is 0 Å². The van der Waals surface area contributed by atoms with Crippen molar-refractivity contribution in [1.82, 2.24) is 4.72 Å². The molecular formula is C12H17Br2NO2S2. The fraction of sp³-hybridized carbons (Fsp3) is 0.667. The van der Waals surface area contributed by atoms with Gasteiger partial charge in [0, 0.05) is 15.3 Å². The van der Waals surface area contributed by atoms with Crippen molar-refractivity contribution < 1.29 is 8.42 Å². The maximum atomic E-state index is 12.5. The highest BCUT2D eigenvalue weighted by atomic mass is 79.9. The molecule has 0 aromatic carbocycles. The Kier molecular flexibility index (Phi) is 5.15. The maximum absolute atomic E-state index is 12.5. The lowest BCUT2D eigenvalue weighted by Crippen LogP contribution is -2.52. The molecule has 0 amide bonds. The van der Waals surface area contributed by atoms with Gasteiger partial charge in [0.25, 0.3) is 10.0 Å². The SMILES string of the molecule is CC1CCCC(CBr)(NS(=O)(=O)c2sccc2Br)C1. The monoisotopic (exact) mass is 429 g/mol. The number of hydrogen-bond acceptors (Lipinski definition) is 3. The van der Waals surface area contributed by atoms with Crippen LogP contribution in [0.15, 0.2) is 20.1 Å². The van der Waals surface area contributed by atoms with Gasteiger partial charge < -0.3 is 0 Å². The second-order valence-corrected chi connectivity index (χ2v) is 9.49. The van der Waals surface area contributed by atoms with Gasteiger partial charge in [-0.05, 0) is 46.1 Å². The van der Waals surface area contributed by atoms with E-state index in [1.165, 1.54) is 17.8 Å². The van der Waals surface area contributed by atoms with Gasteiger partial charge in [0.05, 0.1) is 0 Å². The van der Waals surface area contributed by atoms with E-state index >= 15 is 0 Å². The summed E-state index contributed by atoms with van der Waals surface area (Å²) in [6, 6.07) is 1.77. The number of alkyl halides is 1. The van der Waals surface area contributed by atoms with Crippen molar-refractivity contribution in [2.45, 2.75) is 42.4 Å². The zero-order valence-corrected chi connectivity index (χ0v) is 15.5. The van der Waals surface area contributed by atoms with Crippen molar-refractivity contribution in [3.63, 3.8) is 0 Å². The van der Waals surface area contributed by atoms with Crippen LogP contribution < -0.4 is 4.72 Å². The van der Waals surface area contributed by atoms with Gasteiger partial charge in [0.2, 0.25) is 0 Å². The highest BCUT2D eigenvalue weighted by Crippen LogP contribution is 2.36. The molecule has 1 aromatic rings. The molecule has 2 atom stereocenters. The summed E-state index contributed by atoms with van der Waals surface area (Å²) in [7, 11) is -3.45. The van der Waals surface area contributed by atoms with Gasteiger partial charge in [0.15, 0.2) is 0 Å². The quantitative estimate of drug-likeness (QED) is 0.729. The fourth-order valence-corrected chi connectivity index (χ4v) is 7.32. The second-order valence-electron chi connectivity index (χ2n) is 5.28. The normalized spacial score (nSPS) is 28.5. The summed E-state index contributed by atoms with van der Waals surface area (Å²) in [6.45, 7) is 2.19. The minimum absolute atomic E-state index is 0.347. The first-order valence-electron chi connectivity index (χ1n) is 6.21. The lowest BCUT2D eigenvalue weighted by molar-refractivity contribution is 0.242. The standard InChI is InChI=1S/C12H17Br2NO2S2/c1-9-3-2-5-12(7-9,8-13)15-19(16,17)11-10(14)4-6-18-11/h4,6,9,15H,2-3,5,7-8H2,1H3. The van der Waals surface area contributed by atoms with Crippen molar-refractivity contribution in [2.75, 3.05) is 5.33 Å². The van der Waals surface area contributed by atoms with Crippen LogP contribution in [0.25, 0.3) is 0 Å². The predicted octanol–water partition coefficient (Wildman–Crippen LogP) is 4.13. The molecule has 0 saturated heterocycles. The number of thiophene rings is 1. The molecule has 2 rings (SSSR count). The lowest BCUT2D eigenvalue weighted by Gasteiger charge is -2.39. The van der Waals surface area contributed by atoms with E-state index in [9.17, 15) is 8.42 Å². The van der Waals surface area contributed by atoms with Crippen molar-refractivity contribution in [3.05, 3.63) is 15.9 Å². The third kappa shape index (κ3) is 3.61. The van der Waals surface area contributed by atoms with E-state index in [2.05, 4.69) is 43.5 Å². The highest BCUT2D eigenvalue weighted by molar-refractivity contribution is 9.10. The molecule has 3 nitrogen and oxygen atoms in total. The topological polar surface area (TPSA) is 46.2 Å². The number of halogens is 2. The average molecular weight is 431 g/mol. The third-order valence-electron chi connectivity index (χ3n) is 3.53. The van der Waals surface area contributed by atoms with E-state index in [0.717, 1.165) is 19.3 Å². The second kappa shape index (κ2) is 6.13. The van der Waals surface area contributed by atoms with E-state index < -0.39 is 10.0 Å². The predicted molar refractivity (Wildman–Crippen MR) is 86.5 cm³/mol. The number of nitrogens with one attached hydrogen (secondary N) is 1. The number of sulfonamides is 1. The van der Waals surface area contributed by atoms with Gasteiger partial charge in [-0.25, -0.2) is 13.1 Å². The smallest absolute Gasteiger partial charge is 0.206 e. The van der Waals surface area contributed by atoms with E-state index in [1.807, 2.05) is 0 Å². The molecule has 1 heterocycles. The summed E-state index contributed by atoms with van der Waals surface area (Å²) in [6.07, 6.45) is 4.03. The largest absolute Gasteiger partial charge is 0.251 e. The van der Waals surface area contributed by atoms with Crippen molar-refractivity contribution in [2.24, 2.45) is 5.92 Å². The first-order chi connectivity index (χ1) is 8.88. The summed E-state index contributed by atoms with van der Waals surface area (Å²) in [5.74, 6) is 0.556. The van der Waals surface area contributed by atoms with Gasteiger partial charge in [-0.15, -0.1) is 11.3 Å². The minimum atomic E-state index is -3.45. The van der Waals surface area contributed by atoms with Crippen molar-refractivity contribution in [3.8, 4) is 0 Å². The Labute approximate surface area is 135 Å². The molecule has 1 fully saturated rings. The molecule has 108 valence electrons. The zero-order valence-electron chi connectivity index (χ0n) is 10.7. The first kappa shape index (κ1) is 15.9. The summed E-state index contributed by atoms with van der Waals surface area (Å²) >= 11 is 8.04. The maximum Gasteiger partial charge on any atom is 0.251 e. The van der Waals surface area contributed by atoms with E-state index in [0.29, 0.717) is 19.9 Å². The van der Waals surface area contributed by atoms with E-state index in [-0.39, 0.29) is 5.54 Å². The third-order valence-corrected chi connectivity index (χ3v) is 8.85. The Hall–Kier alpha value is 0.570. The Morgan fingerprint density at radius 1 is 1.58 bits per heavy atom. The highest BCUT2D eigenvalue weighted by Gasteiger charge is 2.38. The van der Waals surface area contributed by atoms with Crippen LogP contribution in [0.2, 0.25) is 0 Å². The Morgan fingerprint density at radius 2 is 2.32 bits per heavy atom.